The van der Waals surface area contributed by atoms with Crippen molar-refractivity contribution in [1.29, 1.82) is 5.26 Å². The molecule has 0 radical (unpaired) electrons. The van der Waals surface area contributed by atoms with Gasteiger partial charge in [0.05, 0.1) is 11.0 Å². The van der Waals surface area contributed by atoms with Crippen LogP contribution >= 0.6 is 15.9 Å². The summed E-state index contributed by atoms with van der Waals surface area (Å²) >= 11 is 3.20. The number of hydrogen-bond donors (Lipinski definition) is 0. The zero-order valence-corrected chi connectivity index (χ0v) is 12.4. The Morgan fingerprint density at radius 1 is 1.45 bits per heavy atom. The monoisotopic (exact) mass is 336 g/mol. The van der Waals surface area contributed by atoms with Crippen molar-refractivity contribution in [3.05, 3.63) is 38.3 Å². The van der Waals surface area contributed by atoms with Crippen LogP contribution in [-0.4, -0.2) is 10.7 Å². The Morgan fingerprint density at radius 3 is 2.80 bits per heavy atom. The molecule has 1 saturated carbocycles. The van der Waals surface area contributed by atoms with Crippen LogP contribution in [0, 0.1) is 26.9 Å². The first-order valence-electron chi connectivity index (χ1n) is 6.36. The highest BCUT2D eigenvalue weighted by Crippen LogP contribution is 2.38. The number of hydrogen-bond acceptors (Lipinski definition) is 4. The third-order valence-electron chi connectivity index (χ3n) is 3.74. The summed E-state index contributed by atoms with van der Waals surface area (Å²) in [4.78, 5) is 22.7. The topological polar surface area (TPSA) is 84.0 Å². The Bertz CT molecular complexity index is 609. The molecule has 104 valence electrons. The van der Waals surface area contributed by atoms with Crippen LogP contribution in [0.25, 0.3) is 0 Å². The van der Waals surface area contributed by atoms with Crippen molar-refractivity contribution in [2.45, 2.75) is 32.1 Å². The first kappa shape index (κ1) is 14.7. The van der Waals surface area contributed by atoms with Gasteiger partial charge >= 0.3 is 0 Å². The van der Waals surface area contributed by atoms with Crippen LogP contribution in [0.5, 0.6) is 0 Å². The minimum atomic E-state index is -1.10. The number of nitrogens with zero attached hydrogens (tertiary/aromatic N) is 2. The van der Waals surface area contributed by atoms with E-state index in [1.165, 1.54) is 6.07 Å². The third-order valence-corrected chi connectivity index (χ3v) is 4.23. The summed E-state index contributed by atoms with van der Waals surface area (Å²) in [5, 5.41) is 20.5. The maximum Gasteiger partial charge on any atom is 0.273 e. The molecule has 0 saturated heterocycles. The maximum absolute atomic E-state index is 12.1. The first-order chi connectivity index (χ1) is 9.48. The average molecular weight is 337 g/mol. The molecule has 0 N–H and O–H groups in total. The molecule has 0 bridgehead atoms. The molecule has 1 aliphatic rings. The van der Waals surface area contributed by atoms with Crippen molar-refractivity contribution in [2.75, 3.05) is 0 Å². The van der Waals surface area contributed by atoms with Crippen LogP contribution in [0.4, 0.5) is 5.69 Å². The number of carbonyl (C=O) groups is 1. The number of carbonyl (C=O) groups excluding carboxylic acids is 1. The third kappa shape index (κ3) is 2.73. The molecule has 1 aromatic rings. The van der Waals surface area contributed by atoms with Crippen LogP contribution in [0.2, 0.25) is 0 Å². The fourth-order valence-electron chi connectivity index (χ4n) is 2.62. The Balaban J connectivity index is 2.40. The summed E-state index contributed by atoms with van der Waals surface area (Å²) in [7, 11) is 0. The Hall–Kier alpha value is -1.74. The fraction of sp³-hybridized carbons (Fsp3) is 0.429. The molecule has 0 amide bonds. The minimum Gasteiger partial charge on any atom is -0.298 e. The molecule has 5 nitrogen and oxygen atoms in total. The van der Waals surface area contributed by atoms with E-state index in [0.717, 1.165) is 12.8 Å². The second kappa shape index (κ2) is 5.71. The van der Waals surface area contributed by atoms with Gasteiger partial charge < -0.3 is 0 Å². The summed E-state index contributed by atoms with van der Waals surface area (Å²) in [6.45, 7) is 0. The Morgan fingerprint density at radius 2 is 2.20 bits per heavy atom. The van der Waals surface area contributed by atoms with Gasteiger partial charge in [-0.3, -0.25) is 14.9 Å². The van der Waals surface area contributed by atoms with Crippen LogP contribution in [-0.2, 0) is 11.2 Å². The normalized spacial score (nSPS) is 22.3. The van der Waals surface area contributed by atoms with Gasteiger partial charge in [0, 0.05) is 28.9 Å². The van der Waals surface area contributed by atoms with E-state index >= 15 is 0 Å². The van der Waals surface area contributed by atoms with Crippen molar-refractivity contribution < 1.29 is 9.72 Å². The van der Waals surface area contributed by atoms with Crippen molar-refractivity contribution >= 4 is 27.4 Å². The SMILES string of the molecule is N#CC1(Cc2ccc(Br)cc2[N+](=O)[O-])CCCCC1=O. The molecule has 0 aliphatic heterocycles. The number of ketones is 1. The molecule has 20 heavy (non-hydrogen) atoms. The van der Waals surface area contributed by atoms with Crippen molar-refractivity contribution in [3.63, 3.8) is 0 Å². The Kier molecular flexibility index (Phi) is 4.19. The molecule has 0 aromatic heterocycles. The predicted octanol–water partition coefficient (Wildman–Crippen LogP) is 3.55. The smallest absolute Gasteiger partial charge is 0.273 e. The molecule has 1 atom stereocenters. The van der Waals surface area contributed by atoms with Gasteiger partial charge in [-0.2, -0.15) is 5.26 Å². The average Bonchev–Trinajstić information content (AvgIpc) is 2.43. The van der Waals surface area contributed by atoms with E-state index in [-0.39, 0.29) is 17.9 Å². The molecule has 2 rings (SSSR count). The summed E-state index contributed by atoms with van der Waals surface area (Å²) < 4.78 is 0.605. The second-order valence-electron chi connectivity index (χ2n) is 5.03. The molecule has 1 unspecified atom stereocenters. The van der Waals surface area contributed by atoms with E-state index in [1.807, 2.05) is 0 Å². The molecule has 0 spiro atoms. The van der Waals surface area contributed by atoms with E-state index in [0.29, 0.717) is 22.9 Å². The number of Topliss-reactive ketones (excluding diaryl/α,β-unsaturated/α-hetero) is 1. The van der Waals surface area contributed by atoms with Gasteiger partial charge in [0.25, 0.3) is 5.69 Å². The van der Waals surface area contributed by atoms with Gasteiger partial charge in [-0.05, 0) is 18.9 Å². The highest BCUT2D eigenvalue weighted by molar-refractivity contribution is 9.10. The van der Waals surface area contributed by atoms with Crippen molar-refractivity contribution in [1.82, 2.24) is 0 Å². The van der Waals surface area contributed by atoms with E-state index in [1.54, 1.807) is 12.1 Å². The maximum atomic E-state index is 12.1. The highest BCUT2D eigenvalue weighted by Gasteiger charge is 2.41. The van der Waals surface area contributed by atoms with E-state index in [2.05, 4.69) is 22.0 Å². The van der Waals surface area contributed by atoms with E-state index in [4.69, 9.17) is 0 Å². The summed E-state index contributed by atoms with van der Waals surface area (Å²) in [6.07, 6.45) is 2.59. The van der Waals surface area contributed by atoms with Gasteiger partial charge in [0.2, 0.25) is 0 Å². The van der Waals surface area contributed by atoms with Gasteiger partial charge in [0.1, 0.15) is 5.41 Å². The van der Waals surface area contributed by atoms with Gasteiger partial charge in [0.15, 0.2) is 5.78 Å². The summed E-state index contributed by atoms with van der Waals surface area (Å²) in [5.74, 6) is -0.0940. The van der Waals surface area contributed by atoms with Gasteiger partial charge in [-0.1, -0.05) is 28.4 Å². The molecule has 1 fully saturated rings. The van der Waals surface area contributed by atoms with E-state index in [9.17, 15) is 20.2 Å². The van der Waals surface area contributed by atoms with Crippen LogP contribution < -0.4 is 0 Å². The largest absolute Gasteiger partial charge is 0.298 e. The highest BCUT2D eigenvalue weighted by atomic mass is 79.9. The minimum absolute atomic E-state index is 0.0487. The molecule has 6 heteroatoms. The lowest BCUT2D eigenvalue weighted by atomic mass is 9.70. The van der Waals surface area contributed by atoms with Crippen LogP contribution in [0.3, 0.4) is 0 Å². The van der Waals surface area contributed by atoms with Gasteiger partial charge in [-0.25, -0.2) is 0 Å². The number of benzene rings is 1. The molecular formula is C14H13BrN2O3. The summed E-state index contributed by atoms with van der Waals surface area (Å²) in [5.41, 5.74) is -0.709. The standard InChI is InChI=1S/C14H13BrN2O3/c15-11-5-4-10(12(7-11)17(19)20)8-14(9-16)6-2-1-3-13(14)18/h4-5,7H,1-3,6,8H2. The number of rotatable bonds is 3. The molecule has 0 heterocycles. The first-order valence-corrected chi connectivity index (χ1v) is 7.15. The lowest BCUT2D eigenvalue weighted by Crippen LogP contribution is -2.35. The lowest BCUT2D eigenvalue weighted by Gasteiger charge is -2.28. The van der Waals surface area contributed by atoms with Crippen molar-refractivity contribution in [2.24, 2.45) is 5.41 Å². The van der Waals surface area contributed by atoms with E-state index < -0.39 is 10.3 Å². The number of nitriles is 1. The number of nitro benzene ring substituents is 1. The van der Waals surface area contributed by atoms with Crippen molar-refractivity contribution in [3.8, 4) is 6.07 Å². The molecule has 1 aliphatic carbocycles. The van der Waals surface area contributed by atoms with Crippen LogP contribution in [0.1, 0.15) is 31.2 Å². The predicted molar refractivity (Wildman–Crippen MR) is 76.0 cm³/mol. The number of halogens is 1. The zero-order chi connectivity index (χ0) is 14.8. The zero-order valence-electron chi connectivity index (χ0n) is 10.8. The van der Waals surface area contributed by atoms with Gasteiger partial charge in [-0.15, -0.1) is 0 Å². The Labute approximate surface area is 124 Å². The number of nitro groups is 1. The van der Waals surface area contributed by atoms with Crippen LogP contribution in [0.15, 0.2) is 22.7 Å². The fourth-order valence-corrected chi connectivity index (χ4v) is 2.97. The second-order valence-corrected chi connectivity index (χ2v) is 5.95. The molecular weight excluding hydrogens is 324 g/mol. The quantitative estimate of drug-likeness (QED) is 0.624. The summed E-state index contributed by atoms with van der Waals surface area (Å²) in [6, 6.07) is 6.83. The molecule has 1 aromatic carbocycles. The lowest BCUT2D eigenvalue weighted by molar-refractivity contribution is -0.385.